The quantitative estimate of drug-likeness (QED) is 0.824. The summed E-state index contributed by atoms with van der Waals surface area (Å²) in [5, 5.41) is 11.0. The zero-order chi connectivity index (χ0) is 13.3. The van der Waals surface area contributed by atoms with Crippen LogP contribution in [0.4, 0.5) is 17.1 Å². The van der Waals surface area contributed by atoms with Crippen LogP contribution in [0.25, 0.3) is 0 Å². The Morgan fingerprint density at radius 3 is 2.39 bits per heavy atom. The van der Waals surface area contributed by atoms with Gasteiger partial charge < -0.3 is 11.1 Å². The minimum absolute atomic E-state index is 0.247. The van der Waals surface area contributed by atoms with Gasteiger partial charge in [0.1, 0.15) is 0 Å². The first-order valence-electron chi connectivity index (χ1n) is 5.30. The van der Waals surface area contributed by atoms with E-state index in [1.54, 1.807) is 6.07 Å². The fraction of sp³-hybridized carbons (Fsp3) is 0.167. The third-order valence-electron chi connectivity index (χ3n) is 2.65. The molecule has 1 heterocycles. The predicted octanol–water partition coefficient (Wildman–Crippen LogP) is 3.73. The monoisotopic (exact) mass is 282 g/mol. The first kappa shape index (κ1) is 12.9. The van der Waals surface area contributed by atoms with Crippen LogP contribution in [0.3, 0.4) is 0 Å². The van der Waals surface area contributed by atoms with E-state index in [1.165, 1.54) is 0 Å². The normalized spacial score (nSPS) is 10.4. The molecule has 3 N–H and O–H groups in total. The molecule has 0 unspecified atom stereocenters. The molecule has 0 amide bonds. The largest absolute Gasteiger partial charge is 0.397 e. The molecule has 0 aliphatic rings. The maximum atomic E-state index is 5.95. The Hall–Kier alpha value is -1.52. The van der Waals surface area contributed by atoms with Gasteiger partial charge in [-0.3, -0.25) is 0 Å². The molecule has 0 aliphatic carbocycles. The highest BCUT2D eigenvalue weighted by Gasteiger charge is 2.08. The average Bonchev–Trinajstić information content (AvgIpc) is 2.30. The van der Waals surface area contributed by atoms with Crippen LogP contribution in [0.15, 0.2) is 18.2 Å². The second-order valence-corrected chi connectivity index (χ2v) is 4.77. The van der Waals surface area contributed by atoms with Crippen molar-refractivity contribution in [2.45, 2.75) is 13.8 Å². The molecule has 0 fully saturated rings. The lowest BCUT2D eigenvalue weighted by Gasteiger charge is -2.12. The van der Waals surface area contributed by atoms with Gasteiger partial charge >= 0.3 is 0 Å². The summed E-state index contributed by atoms with van der Waals surface area (Å²) >= 11 is 11.7. The third kappa shape index (κ3) is 2.66. The molecule has 0 atom stereocenters. The highest BCUT2D eigenvalue weighted by molar-refractivity contribution is 6.33. The minimum atomic E-state index is 0.247. The van der Waals surface area contributed by atoms with Crippen molar-refractivity contribution in [3.8, 4) is 0 Å². The van der Waals surface area contributed by atoms with Gasteiger partial charge in [0.05, 0.1) is 17.1 Å². The molecule has 1 aromatic carbocycles. The Morgan fingerprint density at radius 2 is 1.67 bits per heavy atom. The lowest BCUT2D eigenvalue weighted by molar-refractivity contribution is 1.03. The smallest absolute Gasteiger partial charge is 0.175 e. The van der Waals surface area contributed by atoms with E-state index >= 15 is 0 Å². The van der Waals surface area contributed by atoms with Crippen molar-refractivity contribution in [3.63, 3.8) is 0 Å². The van der Waals surface area contributed by atoms with Crippen LogP contribution in [-0.2, 0) is 0 Å². The van der Waals surface area contributed by atoms with Gasteiger partial charge in [0.2, 0.25) is 0 Å². The molecular formula is C12H12Cl2N4. The molecule has 0 saturated carbocycles. The van der Waals surface area contributed by atoms with Gasteiger partial charge in [0.15, 0.2) is 10.3 Å². The molecule has 6 heteroatoms. The molecule has 0 bridgehead atoms. The number of nitrogens with two attached hydrogens (primary N) is 1. The topological polar surface area (TPSA) is 63.8 Å². The number of hydrogen-bond donors (Lipinski definition) is 2. The third-order valence-corrected chi connectivity index (χ3v) is 3.12. The number of anilines is 3. The SMILES string of the molecule is Cc1cc(N)c(Nc2cc(Cl)nnc2Cl)cc1C. The predicted molar refractivity (Wildman–Crippen MR) is 75.7 cm³/mol. The average molecular weight is 283 g/mol. The number of aromatic nitrogens is 2. The summed E-state index contributed by atoms with van der Waals surface area (Å²) in [4.78, 5) is 0. The molecule has 0 saturated heterocycles. The van der Waals surface area contributed by atoms with E-state index < -0.39 is 0 Å². The summed E-state index contributed by atoms with van der Waals surface area (Å²) in [6, 6.07) is 5.46. The van der Waals surface area contributed by atoms with Gasteiger partial charge in [-0.15, -0.1) is 10.2 Å². The number of nitrogens with zero attached hydrogens (tertiary/aromatic N) is 2. The first-order valence-corrected chi connectivity index (χ1v) is 6.05. The number of halogens is 2. The molecule has 1 aromatic heterocycles. The van der Waals surface area contributed by atoms with Crippen LogP contribution in [0.2, 0.25) is 10.3 Å². The summed E-state index contributed by atoms with van der Waals surface area (Å²) in [6.07, 6.45) is 0. The number of rotatable bonds is 2. The molecule has 0 radical (unpaired) electrons. The fourth-order valence-corrected chi connectivity index (χ4v) is 1.82. The minimum Gasteiger partial charge on any atom is -0.397 e. The van der Waals surface area contributed by atoms with Gasteiger partial charge in [-0.1, -0.05) is 23.2 Å². The summed E-state index contributed by atoms with van der Waals surface area (Å²) in [5.74, 6) is 0. The van der Waals surface area contributed by atoms with Crippen molar-refractivity contribution in [2.75, 3.05) is 11.1 Å². The van der Waals surface area contributed by atoms with E-state index in [9.17, 15) is 0 Å². The van der Waals surface area contributed by atoms with E-state index in [2.05, 4.69) is 15.5 Å². The molecule has 2 aromatic rings. The Kier molecular flexibility index (Phi) is 3.59. The second kappa shape index (κ2) is 5.00. The molecule has 0 spiro atoms. The highest BCUT2D eigenvalue weighted by Crippen LogP contribution is 2.30. The van der Waals surface area contributed by atoms with Gasteiger partial charge in [-0.2, -0.15) is 0 Å². The standard InChI is InChI=1S/C12H12Cl2N4/c1-6-3-8(15)9(4-7(6)2)16-10-5-11(13)17-18-12(10)14/h3-5H,15H2,1-2H3,(H,16,17). The van der Waals surface area contributed by atoms with Crippen LogP contribution >= 0.6 is 23.2 Å². The zero-order valence-electron chi connectivity index (χ0n) is 9.96. The summed E-state index contributed by atoms with van der Waals surface area (Å²) in [5.41, 5.74) is 10.2. The number of nitrogen functional groups attached to an aromatic ring is 1. The van der Waals surface area contributed by atoms with Gasteiger partial charge in [-0.25, -0.2) is 0 Å². The Bertz CT molecular complexity index is 599. The second-order valence-electron chi connectivity index (χ2n) is 4.02. The Morgan fingerprint density at radius 1 is 1.00 bits per heavy atom. The van der Waals surface area contributed by atoms with Gasteiger partial charge in [0.25, 0.3) is 0 Å². The van der Waals surface area contributed by atoms with Crippen molar-refractivity contribution in [2.24, 2.45) is 0 Å². The summed E-state index contributed by atoms with van der Waals surface area (Å²) in [6.45, 7) is 4.02. The number of aryl methyl sites for hydroxylation is 2. The molecular weight excluding hydrogens is 271 g/mol. The maximum absolute atomic E-state index is 5.95. The van der Waals surface area contributed by atoms with Crippen molar-refractivity contribution >= 4 is 40.3 Å². The molecule has 94 valence electrons. The zero-order valence-corrected chi connectivity index (χ0v) is 11.5. The van der Waals surface area contributed by atoms with Crippen LogP contribution in [-0.4, -0.2) is 10.2 Å². The number of hydrogen-bond acceptors (Lipinski definition) is 4. The van der Waals surface area contributed by atoms with Crippen LogP contribution in [0.1, 0.15) is 11.1 Å². The number of benzene rings is 1. The Balaban J connectivity index is 2.40. The molecule has 4 nitrogen and oxygen atoms in total. The van der Waals surface area contributed by atoms with Crippen LogP contribution in [0.5, 0.6) is 0 Å². The van der Waals surface area contributed by atoms with E-state index in [-0.39, 0.29) is 10.3 Å². The molecule has 18 heavy (non-hydrogen) atoms. The van der Waals surface area contributed by atoms with Gasteiger partial charge in [-0.05, 0) is 37.1 Å². The molecule has 0 aliphatic heterocycles. The highest BCUT2D eigenvalue weighted by atomic mass is 35.5. The lowest BCUT2D eigenvalue weighted by Crippen LogP contribution is -2.00. The lowest BCUT2D eigenvalue weighted by atomic mass is 10.1. The fourth-order valence-electron chi connectivity index (χ4n) is 1.53. The maximum Gasteiger partial charge on any atom is 0.175 e. The van der Waals surface area contributed by atoms with Crippen LogP contribution < -0.4 is 11.1 Å². The van der Waals surface area contributed by atoms with Gasteiger partial charge in [0, 0.05) is 6.07 Å². The number of nitrogens with one attached hydrogen (secondary N) is 1. The Labute approximate surface area is 115 Å². The summed E-state index contributed by atoms with van der Waals surface area (Å²) < 4.78 is 0. The van der Waals surface area contributed by atoms with Crippen molar-refractivity contribution in [1.29, 1.82) is 0 Å². The van der Waals surface area contributed by atoms with Crippen molar-refractivity contribution in [3.05, 3.63) is 39.6 Å². The van der Waals surface area contributed by atoms with Crippen molar-refractivity contribution in [1.82, 2.24) is 10.2 Å². The van der Waals surface area contributed by atoms with E-state index in [0.29, 0.717) is 11.4 Å². The van der Waals surface area contributed by atoms with Crippen molar-refractivity contribution < 1.29 is 0 Å². The van der Waals surface area contributed by atoms with E-state index in [4.69, 9.17) is 28.9 Å². The first-order chi connectivity index (χ1) is 8.47. The van der Waals surface area contributed by atoms with Crippen LogP contribution in [0, 0.1) is 13.8 Å². The van der Waals surface area contributed by atoms with E-state index in [0.717, 1.165) is 16.8 Å². The van der Waals surface area contributed by atoms with E-state index in [1.807, 2.05) is 26.0 Å². The molecule has 2 rings (SSSR count). The summed E-state index contributed by atoms with van der Waals surface area (Å²) in [7, 11) is 0.